The van der Waals surface area contributed by atoms with Crippen molar-refractivity contribution in [3.05, 3.63) is 23.8 Å². The molecule has 5 nitrogen and oxygen atoms in total. The Morgan fingerprint density at radius 3 is 3.00 bits per heavy atom. The van der Waals surface area contributed by atoms with Crippen molar-refractivity contribution in [3.8, 4) is 5.75 Å². The van der Waals surface area contributed by atoms with E-state index in [1.165, 1.54) is 0 Å². The minimum Gasteiger partial charge on any atom is -0.489 e. The molecule has 0 aromatic heterocycles. The summed E-state index contributed by atoms with van der Waals surface area (Å²) in [6.45, 7) is 5.47. The van der Waals surface area contributed by atoms with Gasteiger partial charge in [0, 0.05) is 12.5 Å². The Bertz CT molecular complexity index is 634. The van der Waals surface area contributed by atoms with Crippen molar-refractivity contribution in [1.29, 1.82) is 0 Å². The number of anilines is 1. The van der Waals surface area contributed by atoms with E-state index in [9.17, 15) is 4.79 Å². The van der Waals surface area contributed by atoms with Gasteiger partial charge in [0.15, 0.2) is 0 Å². The van der Waals surface area contributed by atoms with E-state index >= 15 is 0 Å². The SMILES string of the molecule is Cc1ccc(NC(=O)C2CC23CCNCC3)c(OCC2CCCO2)c1. The highest BCUT2D eigenvalue weighted by Crippen LogP contribution is 2.58. The first-order valence-electron chi connectivity index (χ1n) is 9.53. The quantitative estimate of drug-likeness (QED) is 0.862. The number of carbonyl (C=O) groups is 1. The summed E-state index contributed by atoms with van der Waals surface area (Å²) in [5.41, 5.74) is 2.16. The summed E-state index contributed by atoms with van der Waals surface area (Å²) in [7, 11) is 0. The van der Waals surface area contributed by atoms with Crippen LogP contribution in [0.2, 0.25) is 0 Å². The van der Waals surface area contributed by atoms with Crippen molar-refractivity contribution in [2.24, 2.45) is 11.3 Å². The Morgan fingerprint density at radius 1 is 1.40 bits per heavy atom. The molecule has 2 heterocycles. The Balaban J connectivity index is 1.40. The van der Waals surface area contributed by atoms with E-state index in [1.807, 2.05) is 25.1 Å². The third-order valence-corrected chi connectivity index (χ3v) is 5.95. The molecular formula is C20H28N2O3. The normalized spacial score (nSPS) is 27.2. The lowest BCUT2D eigenvalue weighted by atomic mass is 9.92. The average Bonchev–Trinajstić information content (AvgIpc) is 3.06. The first-order valence-corrected chi connectivity index (χ1v) is 9.53. The summed E-state index contributed by atoms with van der Waals surface area (Å²) < 4.78 is 11.6. The van der Waals surface area contributed by atoms with E-state index in [2.05, 4.69) is 10.6 Å². The van der Waals surface area contributed by atoms with Gasteiger partial charge in [-0.25, -0.2) is 0 Å². The molecule has 2 aliphatic heterocycles. The number of carbonyl (C=O) groups excluding carboxylic acids is 1. The predicted molar refractivity (Wildman–Crippen MR) is 96.9 cm³/mol. The summed E-state index contributed by atoms with van der Waals surface area (Å²) in [6, 6.07) is 5.97. The van der Waals surface area contributed by atoms with E-state index in [0.717, 1.165) is 68.8 Å². The van der Waals surface area contributed by atoms with Crippen LogP contribution in [0.4, 0.5) is 5.69 Å². The number of hydrogen-bond acceptors (Lipinski definition) is 4. The van der Waals surface area contributed by atoms with Crippen molar-refractivity contribution >= 4 is 11.6 Å². The van der Waals surface area contributed by atoms with Crippen molar-refractivity contribution in [2.45, 2.75) is 45.1 Å². The second-order valence-electron chi connectivity index (χ2n) is 7.80. The van der Waals surface area contributed by atoms with Gasteiger partial charge in [0.2, 0.25) is 5.91 Å². The fraction of sp³-hybridized carbons (Fsp3) is 0.650. The second-order valence-corrected chi connectivity index (χ2v) is 7.80. The van der Waals surface area contributed by atoms with Crippen LogP contribution in [0.25, 0.3) is 0 Å². The van der Waals surface area contributed by atoms with Gasteiger partial charge in [0.05, 0.1) is 11.8 Å². The van der Waals surface area contributed by atoms with Crippen LogP contribution in [0.15, 0.2) is 18.2 Å². The number of aryl methyl sites for hydroxylation is 1. The number of hydrogen-bond donors (Lipinski definition) is 2. The fourth-order valence-corrected chi connectivity index (χ4v) is 4.23. The Kier molecular flexibility index (Phi) is 4.69. The maximum Gasteiger partial charge on any atom is 0.228 e. The van der Waals surface area contributed by atoms with E-state index < -0.39 is 0 Å². The van der Waals surface area contributed by atoms with Gasteiger partial charge in [-0.15, -0.1) is 0 Å². The van der Waals surface area contributed by atoms with Gasteiger partial charge in [-0.05, 0) is 75.2 Å². The molecule has 4 rings (SSSR count). The van der Waals surface area contributed by atoms with Crippen LogP contribution in [0, 0.1) is 18.3 Å². The zero-order valence-corrected chi connectivity index (χ0v) is 15.0. The largest absolute Gasteiger partial charge is 0.489 e. The third kappa shape index (κ3) is 3.67. The van der Waals surface area contributed by atoms with Gasteiger partial charge in [0.25, 0.3) is 0 Å². The average molecular weight is 344 g/mol. The molecule has 1 aliphatic carbocycles. The van der Waals surface area contributed by atoms with Gasteiger partial charge >= 0.3 is 0 Å². The molecule has 2 atom stereocenters. The first-order chi connectivity index (χ1) is 12.2. The fourth-order valence-electron chi connectivity index (χ4n) is 4.23. The van der Waals surface area contributed by atoms with E-state index in [4.69, 9.17) is 9.47 Å². The number of amides is 1. The van der Waals surface area contributed by atoms with Crippen LogP contribution in [-0.2, 0) is 9.53 Å². The van der Waals surface area contributed by atoms with Crippen LogP contribution in [0.1, 0.15) is 37.7 Å². The zero-order valence-electron chi connectivity index (χ0n) is 15.0. The Hall–Kier alpha value is -1.59. The summed E-state index contributed by atoms with van der Waals surface area (Å²) in [4.78, 5) is 12.7. The third-order valence-electron chi connectivity index (χ3n) is 5.95. The minimum atomic E-state index is 0.146. The number of piperidine rings is 1. The van der Waals surface area contributed by atoms with E-state index in [1.54, 1.807) is 0 Å². The summed E-state index contributed by atoms with van der Waals surface area (Å²) in [5.74, 6) is 1.05. The molecular weight excluding hydrogens is 316 g/mol. The highest BCUT2D eigenvalue weighted by molar-refractivity contribution is 5.96. The number of benzene rings is 1. The highest BCUT2D eigenvalue weighted by atomic mass is 16.5. The van der Waals surface area contributed by atoms with E-state index in [-0.39, 0.29) is 23.3 Å². The van der Waals surface area contributed by atoms with Crippen LogP contribution in [-0.4, -0.2) is 38.3 Å². The van der Waals surface area contributed by atoms with Crippen molar-refractivity contribution in [2.75, 3.05) is 31.6 Å². The van der Waals surface area contributed by atoms with Crippen LogP contribution >= 0.6 is 0 Å². The molecule has 3 fully saturated rings. The standard InChI is InChI=1S/C20H28N2O3/c1-14-4-5-17(18(11-14)25-13-15-3-2-10-24-15)22-19(23)16-12-20(16)6-8-21-9-7-20/h4-5,11,15-16,21H,2-3,6-10,12-13H2,1H3,(H,22,23). The highest BCUT2D eigenvalue weighted by Gasteiger charge is 2.57. The topological polar surface area (TPSA) is 59.6 Å². The first kappa shape index (κ1) is 16.9. The van der Waals surface area contributed by atoms with Crippen LogP contribution < -0.4 is 15.4 Å². The Morgan fingerprint density at radius 2 is 2.24 bits per heavy atom. The maximum atomic E-state index is 12.7. The molecule has 2 N–H and O–H groups in total. The molecule has 1 spiro atoms. The Labute approximate surface area is 149 Å². The molecule has 25 heavy (non-hydrogen) atoms. The molecule has 136 valence electrons. The molecule has 1 amide bonds. The number of rotatable bonds is 5. The van der Waals surface area contributed by atoms with Gasteiger partial charge in [-0.3, -0.25) is 4.79 Å². The summed E-state index contributed by atoms with van der Waals surface area (Å²) in [5, 5.41) is 6.51. The van der Waals surface area contributed by atoms with E-state index in [0.29, 0.717) is 6.61 Å². The predicted octanol–water partition coefficient (Wildman–Crippen LogP) is 2.88. The number of ether oxygens (including phenoxy) is 2. The molecule has 2 saturated heterocycles. The monoisotopic (exact) mass is 344 g/mol. The molecule has 1 aromatic rings. The molecule has 0 bridgehead atoms. The van der Waals surface area contributed by atoms with Crippen LogP contribution in [0.3, 0.4) is 0 Å². The molecule has 1 aromatic carbocycles. The lowest BCUT2D eigenvalue weighted by Crippen LogP contribution is -2.31. The molecule has 5 heteroatoms. The molecule has 1 saturated carbocycles. The van der Waals surface area contributed by atoms with Crippen molar-refractivity contribution < 1.29 is 14.3 Å². The van der Waals surface area contributed by atoms with Gasteiger partial charge in [-0.2, -0.15) is 0 Å². The summed E-state index contributed by atoms with van der Waals surface area (Å²) >= 11 is 0. The molecule has 2 unspecified atom stereocenters. The van der Waals surface area contributed by atoms with Crippen molar-refractivity contribution in [1.82, 2.24) is 5.32 Å². The van der Waals surface area contributed by atoms with Gasteiger partial charge < -0.3 is 20.1 Å². The lowest BCUT2D eigenvalue weighted by molar-refractivity contribution is -0.118. The second kappa shape index (κ2) is 6.96. The number of nitrogens with one attached hydrogen (secondary N) is 2. The van der Waals surface area contributed by atoms with Crippen LogP contribution in [0.5, 0.6) is 5.75 Å². The van der Waals surface area contributed by atoms with Gasteiger partial charge in [0.1, 0.15) is 12.4 Å². The zero-order chi connectivity index (χ0) is 17.3. The minimum absolute atomic E-state index is 0.146. The molecule has 0 radical (unpaired) electrons. The summed E-state index contributed by atoms with van der Waals surface area (Å²) in [6.07, 6.45) is 5.57. The smallest absolute Gasteiger partial charge is 0.228 e. The van der Waals surface area contributed by atoms with Crippen molar-refractivity contribution in [3.63, 3.8) is 0 Å². The maximum absolute atomic E-state index is 12.7. The molecule has 3 aliphatic rings. The lowest BCUT2D eigenvalue weighted by Gasteiger charge is -2.23. The van der Waals surface area contributed by atoms with Gasteiger partial charge in [-0.1, -0.05) is 6.07 Å².